The molecule has 0 unspecified atom stereocenters. The average Bonchev–Trinajstić information content (AvgIpc) is 3.39. The Morgan fingerprint density at radius 1 is 1.09 bits per heavy atom. The lowest BCUT2D eigenvalue weighted by Crippen LogP contribution is -2.39. The topological polar surface area (TPSA) is 114 Å². The van der Waals surface area contributed by atoms with E-state index < -0.39 is 10.0 Å². The smallest absolute Gasteiger partial charge is 0.266 e. The molecule has 35 heavy (non-hydrogen) atoms. The third-order valence-electron chi connectivity index (χ3n) is 6.65. The summed E-state index contributed by atoms with van der Waals surface area (Å²) in [6.07, 6.45) is 5.88. The second kappa shape index (κ2) is 10.3. The third kappa shape index (κ3) is 5.34. The fourth-order valence-corrected chi connectivity index (χ4v) is 6.02. The Morgan fingerprint density at radius 2 is 1.83 bits per heavy atom. The van der Waals surface area contributed by atoms with Gasteiger partial charge in [-0.1, -0.05) is 12.1 Å². The van der Waals surface area contributed by atoms with Crippen LogP contribution < -0.4 is 20.1 Å². The molecule has 2 aromatic carbocycles. The molecule has 0 atom stereocenters. The van der Waals surface area contributed by atoms with Crippen molar-refractivity contribution in [1.29, 1.82) is 0 Å². The fraction of sp³-hybridized carbons (Fsp3) is 0.440. The standard InChI is InChI=1S/C25H32N6O3S/c26-20-6-8-22(9-7-20)35(32,33)31(17-16-30-14-1-2-15-30)25-28-18-19-4-3-5-23(24(19)29-25)34-21-10-12-27-13-11-21/h3-9,18,21,27H,1-2,10-17,26H2. The molecule has 0 radical (unpaired) electrons. The number of nitrogens with two attached hydrogens (primary N) is 1. The zero-order valence-electron chi connectivity index (χ0n) is 19.8. The summed E-state index contributed by atoms with van der Waals surface area (Å²) in [5.41, 5.74) is 6.93. The molecule has 2 aliphatic heterocycles. The van der Waals surface area contributed by atoms with Gasteiger partial charge in [0.15, 0.2) is 0 Å². The van der Waals surface area contributed by atoms with E-state index in [2.05, 4.69) is 15.2 Å². The molecule has 3 N–H and O–H groups in total. The average molecular weight is 497 g/mol. The Labute approximate surface area is 206 Å². The number of nitrogens with one attached hydrogen (secondary N) is 1. The Morgan fingerprint density at radius 3 is 2.57 bits per heavy atom. The molecule has 2 saturated heterocycles. The number of hydrogen-bond donors (Lipinski definition) is 2. The first kappa shape index (κ1) is 23.8. The van der Waals surface area contributed by atoms with E-state index >= 15 is 0 Å². The van der Waals surface area contributed by atoms with Gasteiger partial charge < -0.3 is 20.7 Å². The number of para-hydroxylation sites is 1. The lowest BCUT2D eigenvalue weighted by Gasteiger charge is -2.26. The zero-order valence-corrected chi connectivity index (χ0v) is 20.6. The Hall–Kier alpha value is -2.95. The predicted molar refractivity (Wildman–Crippen MR) is 137 cm³/mol. The van der Waals surface area contributed by atoms with Crippen LogP contribution in [0.5, 0.6) is 5.75 Å². The first-order chi connectivity index (χ1) is 17.0. The van der Waals surface area contributed by atoms with Crippen LogP contribution in [0.15, 0.2) is 53.6 Å². The van der Waals surface area contributed by atoms with Crippen molar-refractivity contribution in [2.24, 2.45) is 0 Å². The highest BCUT2D eigenvalue weighted by Gasteiger charge is 2.29. The second-order valence-corrected chi connectivity index (χ2v) is 11.0. The number of hydrogen-bond acceptors (Lipinski definition) is 8. The summed E-state index contributed by atoms with van der Waals surface area (Å²) in [6.45, 7) is 4.66. The van der Waals surface area contributed by atoms with Crippen molar-refractivity contribution in [2.45, 2.75) is 36.7 Å². The van der Waals surface area contributed by atoms with Crippen LogP contribution in [0.25, 0.3) is 10.9 Å². The first-order valence-corrected chi connectivity index (χ1v) is 13.7. The van der Waals surface area contributed by atoms with Crippen LogP contribution in [-0.2, 0) is 10.0 Å². The van der Waals surface area contributed by atoms with E-state index in [9.17, 15) is 8.42 Å². The molecule has 0 saturated carbocycles. The van der Waals surface area contributed by atoms with E-state index in [4.69, 9.17) is 15.5 Å². The molecule has 10 heteroatoms. The van der Waals surface area contributed by atoms with Crippen LogP contribution in [0.4, 0.5) is 11.6 Å². The van der Waals surface area contributed by atoms with Crippen LogP contribution >= 0.6 is 0 Å². The number of aromatic nitrogens is 2. The van der Waals surface area contributed by atoms with Gasteiger partial charge in [-0.2, -0.15) is 0 Å². The maximum atomic E-state index is 13.7. The SMILES string of the molecule is Nc1ccc(S(=O)(=O)N(CCN2CCCC2)c2ncc3cccc(OC4CCNCC4)c3n2)cc1. The van der Waals surface area contributed by atoms with Gasteiger partial charge in [0.05, 0.1) is 11.4 Å². The molecule has 2 fully saturated rings. The third-order valence-corrected chi connectivity index (χ3v) is 8.44. The summed E-state index contributed by atoms with van der Waals surface area (Å²) < 4.78 is 35.1. The molecule has 9 nitrogen and oxygen atoms in total. The van der Waals surface area contributed by atoms with E-state index in [0.29, 0.717) is 23.5 Å². The largest absolute Gasteiger partial charge is 0.488 e. The molecule has 3 heterocycles. The van der Waals surface area contributed by atoms with Gasteiger partial charge in [-0.3, -0.25) is 0 Å². The van der Waals surface area contributed by atoms with Gasteiger partial charge in [-0.25, -0.2) is 22.7 Å². The molecule has 1 aromatic heterocycles. The Bertz CT molecular complexity index is 1260. The molecular formula is C25H32N6O3S. The summed E-state index contributed by atoms with van der Waals surface area (Å²) >= 11 is 0. The summed E-state index contributed by atoms with van der Waals surface area (Å²) in [4.78, 5) is 11.7. The number of nitrogen functional groups attached to an aromatic ring is 1. The Kier molecular flexibility index (Phi) is 7.03. The molecule has 0 amide bonds. The van der Waals surface area contributed by atoms with E-state index in [1.807, 2.05) is 18.2 Å². The van der Waals surface area contributed by atoms with Gasteiger partial charge in [-0.15, -0.1) is 0 Å². The van der Waals surface area contributed by atoms with E-state index in [1.165, 1.54) is 16.4 Å². The van der Waals surface area contributed by atoms with E-state index in [1.54, 1.807) is 18.3 Å². The van der Waals surface area contributed by atoms with Crippen molar-refractivity contribution in [3.05, 3.63) is 48.7 Å². The number of ether oxygens (including phenoxy) is 1. The number of sulfonamides is 1. The summed E-state index contributed by atoms with van der Waals surface area (Å²) in [7, 11) is -3.89. The number of nitrogens with zero attached hydrogens (tertiary/aromatic N) is 4. The number of piperidine rings is 1. The van der Waals surface area contributed by atoms with Gasteiger partial charge in [0.25, 0.3) is 10.0 Å². The number of likely N-dealkylation sites (tertiary alicyclic amines) is 1. The van der Waals surface area contributed by atoms with Gasteiger partial charge in [0.2, 0.25) is 5.95 Å². The van der Waals surface area contributed by atoms with Crippen molar-refractivity contribution in [3.63, 3.8) is 0 Å². The number of anilines is 2. The van der Waals surface area contributed by atoms with E-state index in [-0.39, 0.29) is 23.5 Å². The number of benzene rings is 2. The minimum absolute atomic E-state index is 0.102. The van der Waals surface area contributed by atoms with Crippen molar-refractivity contribution >= 4 is 32.6 Å². The molecule has 0 bridgehead atoms. The van der Waals surface area contributed by atoms with E-state index in [0.717, 1.165) is 57.2 Å². The quantitative estimate of drug-likeness (QED) is 0.458. The summed E-state index contributed by atoms with van der Waals surface area (Å²) in [5.74, 6) is 0.803. The zero-order chi connectivity index (χ0) is 24.3. The molecule has 2 aliphatic rings. The number of fused-ring (bicyclic) bond motifs is 1. The fourth-order valence-electron chi connectivity index (χ4n) is 4.66. The van der Waals surface area contributed by atoms with Crippen molar-refractivity contribution < 1.29 is 13.2 Å². The molecular weight excluding hydrogens is 464 g/mol. The maximum Gasteiger partial charge on any atom is 0.266 e. The highest BCUT2D eigenvalue weighted by Crippen LogP contribution is 2.29. The monoisotopic (exact) mass is 496 g/mol. The van der Waals surface area contributed by atoms with Gasteiger partial charge in [-0.05, 0) is 82.2 Å². The molecule has 186 valence electrons. The molecule has 5 rings (SSSR count). The van der Waals surface area contributed by atoms with Crippen molar-refractivity contribution in [1.82, 2.24) is 20.2 Å². The second-order valence-electron chi connectivity index (χ2n) is 9.13. The Balaban J connectivity index is 1.51. The summed E-state index contributed by atoms with van der Waals surface area (Å²) in [5, 5.41) is 4.15. The first-order valence-electron chi connectivity index (χ1n) is 12.2. The molecule has 3 aromatic rings. The van der Waals surface area contributed by atoms with Crippen LogP contribution in [0.2, 0.25) is 0 Å². The molecule has 0 spiro atoms. The van der Waals surface area contributed by atoms with Gasteiger partial charge in [0, 0.05) is 23.8 Å². The lowest BCUT2D eigenvalue weighted by atomic mass is 10.1. The van der Waals surface area contributed by atoms with Crippen LogP contribution in [0, 0.1) is 0 Å². The van der Waals surface area contributed by atoms with Crippen molar-refractivity contribution in [3.8, 4) is 5.75 Å². The van der Waals surface area contributed by atoms with Crippen LogP contribution in [-0.4, -0.2) is 68.7 Å². The molecule has 0 aliphatic carbocycles. The van der Waals surface area contributed by atoms with Gasteiger partial charge >= 0.3 is 0 Å². The summed E-state index contributed by atoms with van der Waals surface area (Å²) in [6, 6.07) is 12.0. The predicted octanol–water partition coefficient (Wildman–Crippen LogP) is 2.63. The van der Waals surface area contributed by atoms with Crippen LogP contribution in [0.1, 0.15) is 25.7 Å². The van der Waals surface area contributed by atoms with Gasteiger partial charge in [0.1, 0.15) is 17.4 Å². The highest BCUT2D eigenvalue weighted by molar-refractivity contribution is 7.92. The minimum Gasteiger partial charge on any atom is -0.488 e. The minimum atomic E-state index is -3.89. The maximum absolute atomic E-state index is 13.7. The van der Waals surface area contributed by atoms with Crippen LogP contribution in [0.3, 0.4) is 0 Å². The normalized spacial score (nSPS) is 17.6. The number of rotatable bonds is 8. The highest BCUT2D eigenvalue weighted by atomic mass is 32.2. The lowest BCUT2D eigenvalue weighted by molar-refractivity contribution is 0.164. The van der Waals surface area contributed by atoms with Crippen molar-refractivity contribution in [2.75, 3.05) is 49.3 Å².